The maximum atomic E-state index is 13.4. The van der Waals surface area contributed by atoms with Crippen LogP contribution in [0.1, 0.15) is 11.1 Å². The summed E-state index contributed by atoms with van der Waals surface area (Å²) in [5.41, 5.74) is 3.27. The molecule has 0 spiro atoms. The third kappa shape index (κ3) is 4.06. The predicted octanol–water partition coefficient (Wildman–Crippen LogP) is 3.65. The van der Waals surface area contributed by atoms with Gasteiger partial charge in [-0.05, 0) is 57.3 Å². The van der Waals surface area contributed by atoms with E-state index >= 15 is 0 Å². The van der Waals surface area contributed by atoms with E-state index in [-0.39, 0.29) is 12.5 Å². The van der Waals surface area contributed by atoms with Crippen molar-refractivity contribution in [2.45, 2.75) is 20.0 Å². The van der Waals surface area contributed by atoms with Gasteiger partial charge in [-0.1, -0.05) is 29.5 Å². The lowest BCUT2D eigenvalue weighted by Crippen LogP contribution is -2.48. The van der Waals surface area contributed by atoms with Gasteiger partial charge in [-0.25, -0.2) is 4.98 Å². The molecule has 0 saturated carbocycles. The van der Waals surface area contributed by atoms with Crippen LogP contribution >= 0.6 is 11.3 Å². The average Bonchev–Trinajstić information content (AvgIpc) is 3.11. The Bertz CT molecular complexity index is 1050. The van der Waals surface area contributed by atoms with E-state index in [9.17, 15) is 4.79 Å². The number of carbonyl (C=O) groups is 1. The molecule has 0 radical (unpaired) electrons. The van der Waals surface area contributed by atoms with Crippen molar-refractivity contribution in [3.05, 3.63) is 47.5 Å². The zero-order valence-corrected chi connectivity index (χ0v) is 18.0. The first-order valence-corrected chi connectivity index (χ1v) is 10.5. The zero-order chi connectivity index (χ0) is 20.5. The van der Waals surface area contributed by atoms with Gasteiger partial charge in [-0.15, -0.1) is 0 Å². The predicted molar refractivity (Wildman–Crippen MR) is 116 cm³/mol. The number of fused-ring (bicyclic) bond motifs is 2. The van der Waals surface area contributed by atoms with Crippen molar-refractivity contribution < 1.29 is 14.3 Å². The van der Waals surface area contributed by atoms with Crippen LogP contribution in [0.5, 0.6) is 11.5 Å². The van der Waals surface area contributed by atoms with Gasteiger partial charge in [0, 0.05) is 13.1 Å². The van der Waals surface area contributed by atoms with Crippen molar-refractivity contribution in [1.29, 1.82) is 0 Å². The Kier molecular flexibility index (Phi) is 5.43. The molecule has 4 rings (SSSR count). The number of hydrogen-bond donors (Lipinski definition) is 0. The highest BCUT2D eigenvalue weighted by atomic mass is 32.1. The van der Waals surface area contributed by atoms with Gasteiger partial charge < -0.3 is 14.4 Å². The number of amides is 1. The van der Waals surface area contributed by atoms with Crippen molar-refractivity contribution in [2.24, 2.45) is 0 Å². The highest BCUT2D eigenvalue weighted by molar-refractivity contribution is 7.22. The second kappa shape index (κ2) is 8.00. The number of hydrogen-bond acceptors (Lipinski definition) is 6. The minimum Gasteiger partial charge on any atom is -0.485 e. The molecule has 0 aliphatic carbocycles. The van der Waals surface area contributed by atoms with Gasteiger partial charge in [0.1, 0.15) is 6.61 Å². The first-order chi connectivity index (χ1) is 13.9. The van der Waals surface area contributed by atoms with E-state index < -0.39 is 6.10 Å². The smallest absolute Gasteiger partial charge is 0.273 e. The zero-order valence-electron chi connectivity index (χ0n) is 17.1. The van der Waals surface area contributed by atoms with Crippen LogP contribution in [0.3, 0.4) is 0 Å². The summed E-state index contributed by atoms with van der Waals surface area (Å²) in [7, 11) is 3.98. The van der Waals surface area contributed by atoms with Gasteiger partial charge in [0.2, 0.25) is 6.10 Å². The van der Waals surface area contributed by atoms with Crippen LogP contribution in [0.2, 0.25) is 0 Å². The van der Waals surface area contributed by atoms with E-state index in [1.54, 1.807) is 16.2 Å². The summed E-state index contributed by atoms with van der Waals surface area (Å²) in [6.45, 7) is 5.59. The van der Waals surface area contributed by atoms with Gasteiger partial charge in [-0.2, -0.15) is 0 Å². The molecule has 152 valence electrons. The Morgan fingerprint density at radius 2 is 1.93 bits per heavy atom. The van der Waals surface area contributed by atoms with Crippen molar-refractivity contribution in [3.8, 4) is 11.5 Å². The number of carbonyl (C=O) groups excluding carboxylic acids is 1. The Hall–Kier alpha value is -2.64. The van der Waals surface area contributed by atoms with Crippen molar-refractivity contribution in [2.75, 3.05) is 38.7 Å². The lowest BCUT2D eigenvalue weighted by molar-refractivity contribution is -0.127. The molecular formula is C22H25N3O3S. The summed E-state index contributed by atoms with van der Waals surface area (Å²) < 4.78 is 12.8. The molecule has 0 bridgehead atoms. The highest BCUT2D eigenvalue weighted by Crippen LogP contribution is 2.34. The number of likely N-dealkylation sites (N-methyl/N-ethyl adjacent to an activating group) is 1. The summed E-state index contributed by atoms with van der Waals surface area (Å²) >= 11 is 1.55. The molecular weight excluding hydrogens is 386 g/mol. The number of nitrogens with zero attached hydrogens (tertiary/aromatic N) is 3. The Labute approximate surface area is 174 Å². The molecule has 1 aliphatic heterocycles. The normalized spacial score (nSPS) is 15.7. The lowest BCUT2D eigenvalue weighted by atomic mass is 10.1. The molecule has 3 aromatic rings. The van der Waals surface area contributed by atoms with Crippen LogP contribution in [-0.2, 0) is 4.79 Å². The number of thiazole rings is 1. The monoisotopic (exact) mass is 411 g/mol. The third-order valence-corrected chi connectivity index (χ3v) is 6.09. The molecule has 7 heteroatoms. The summed E-state index contributed by atoms with van der Waals surface area (Å²) in [6, 6.07) is 11.6. The van der Waals surface area contributed by atoms with Gasteiger partial charge >= 0.3 is 0 Å². The average molecular weight is 412 g/mol. The number of rotatable bonds is 5. The van der Waals surface area contributed by atoms with Crippen LogP contribution in [-0.4, -0.2) is 55.7 Å². The summed E-state index contributed by atoms with van der Waals surface area (Å²) in [5.74, 6) is 1.14. The Morgan fingerprint density at radius 3 is 2.69 bits per heavy atom. The molecule has 1 amide bonds. The number of ether oxygens (including phenoxy) is 2. The summed E-state index contributed by atoms with van der Waals surface area (Å²) in [5, 5.41) is 0.697. The second-order valence-corrected chi connectivity index (χ2v) is 8.56. The topological polar surface area (TPSA) is 54.9 Å². The molecule has 0 N–H and O–H groups in total. The SMILES string of the molecule is Cc1cc(C)c2sc(N(CCN(C)C)C(=O)[C@H]3COc4ccccc4O3)nc2c1. The maximum absolute atomic E-state index is 13.4. The number of anilines is 1. The molecule has 0 unspecified atom stereocenters. The minimum atomic E-state index is -0.693. The van der Waals surface area contributed by atoms with Crippen LogP contribution in [0.25, 0.3) is 10.2 Å². The van der Waals surface area contributed by atoms with E-state index in [2.05, 4.69) is 30.9 Å². The van der Waals surface area contributed by atoms with E-state index in [0.29, 0.717) is 23.2 Å². The van der Waals surface area contributed by atoms with Gasteiger partial charge in [-0.3, -0.25) is 9.69 Å². The molecule has 0 saturated heterocycles. The molecule has 2 heterocycles. The number of aromatic nitrogens is 1. The van der Waals surface area contributed by atoms with E-state index in [1.807, 2.05) is 38.4 Å². The first-order valence-electron chi connectivity index (χ1n) is 9.65. The van der Waals surface area contributed by atoms with E-state index in [4.69, 9.17) is 14.5 Å². The Balaban J connectivity index is 1.65. The quantitative estimate of drug-likeness (QED) is 0.642. The van der Waals surface area contributed by atoms with E-state index in [1.165, 1.54) is 11.1 Å². The molecule has 6 nitrogen and oxygen atoms in total. The third-order valence-electron chi connectivity index (χ3n) is 4.86. The number of aryl methyl sites for hydroxylation is 2. The van der Waals surface area contributed by atoms with Gasteiger partial charge in [0.15, 0.2) is 16.6 Å². The van der Waals surface area contributed by atoms with Crippen LogP contribution in [0.15, 0.2) is 36.4 Å². The van der Waals surface area contributed by atoms with Gasteiger partial charge in [0.25, 0.3) is 5.91 Å². The molecule has 0 fully saturated rings. The fourth-order valence-corrected chi connectivity index (χ4v) is 4.44. The van der Waals surface area contributed by atoms with Crippen molar-refractivity contribution >= 4 is 32.6 Å². The largest absolute Gasteiger partial charge is 0.485 e. The fourth-order valence-electron chi connectivity index (χ4n) is 3.40. The summed E-state index contributed by atoms with van der Waals surface area (Å²) in [4.78, 5) is 22.0. The lowest BCUT2D eigenvalue weighted by Gasteiger charge is -2.30. The van der Waals surface area contributed by atoms with Crippen LogP contribution in [0.4, 0.5) is 5.13 Å². The molecule has 2 aromatic carbocycles. The first kappa shape index (κ1) is 19.7. The Morgan fingerprint density at radius 1 is 1.17 bits per heavy atom. The molecule has 29 heavy (non-hydrogen) atoms. The molecule has 1 atom stereocenters. The van der Waals surface area contributed by atoms with Gasteiger partial charge in [0.05, 0.1) is 10.2 Å². The standard InChI is InChI=1S/C22H25N3O3S/c1-14-11-15(2)20-16(12-14)23-22(29-20)25(10-9-24(3)4)21(26)19-13-27-17-7-5-6-8-18(17)28-19/h5-8,11-12,19H,9-10,13H2,1-4H3/t19-/m1/s1. The minimum absolute atomic E-state index is 0.130. The number of para-hydroxylation sites is 2. The van der Waals surface area contributed by atoms with E-state index in [0.717, 1.165) is 16.8 Å². The molecule has 1 aliphatic rings. The number of benzene rings is 2. The summed E-state index contributed by atoms with van der Waals surface area (Å²) in [6.07, 6.45) is -0.693. The fraction of sp³-hybridized carbons (Fsp3) is 0.364. The van der Waals surface area contributed by atoms with Crippen LogP contribution < -0.4 is 14.4 Å². The second-order valence-electron chi connectivity index (χ2n) is 7.58. The van der Waals surface area contributed by atoms with Crippen molar-refractivity contribution in [1.82, 2.24) is 9.88 Å². The highest BCUT2D eigenvalue weighted by Gasteiger charge is 2.33. The van der Waals surface area contributed by atoms with Crippen LogP contribution in [0, 0.1) is 13.8 Å². The maximum Gasteiger partial charge on any atom is 0.273 e. The van der Waals surface area contributed by atoms with Crippen molar-refractivity contribution in [3.63, 3.8) is 0 Å². The molecule has 1 aromatic heterocycles.